The lowest BCUT2D eigenvalue weighted by Crippen LogP contribution is -2.26. The number of rotatable bonds is 5. The van der Waals surface area contributed by atoms with E-state index in [1.54, 1.807) is 0 Å². The van der Waals surface area contributed by atoms with E-state index in [0.29, 0.717) is 5.33 Å². The van der Waals surface area contributed by atoms with E-state index in [2.05, 4.69) is 20.7 Å². The van der Waals surface area contributed by atoms with Crippen LogP contribution in [0.5, 0.6) is 0 Å². The maximum Gasteiger partial charge on any atom is 0.290 e. The van der Waals surface area contributed by atoms with Gasteiger partial charge in [-0.1, -0.05) is 27.5 Å². The molecule has 0 unspecified atom stereocenters. The Morgan fingerprint density at radius 3 is 2.65 bits per heavy atom. The normalized spacial score (nSPS) is 11.4. The molecule has 0 atom stereocenters. The maximum atomic E-state index is 11.7. The van der Waals surface area contributed by atoms with E-state index in [1.807, 2.05) is 0 Å². The number of alkyl halides is 1. The zero-order valence-corrected chi connectivity index (χ0v) is 11.5. The summed E-state index contributed by atoms with van der Waals surface area (Å²) in [6.07, 6.45) is 0. The number of hydrogen-bond donors (Lipinski definition) is 1. The van der Waals surface area contributed by atoms with Crippen LogP contribution >= 0.6 is 27.5 Å². The zero-order chi connectivity index (χ0) is 13.1. The first-order valence-corrected chi connectivity index (χ1v) is 7.36. The van der Waals surface area contributed by atoms with E-state index in [-0.39, 0.29) is 11.6 Å². The van der Waals surface area contributed by atoms with Crippen LogP contribution in [-0.2, 0) is 10.0 Å². The van der Waals surface area contributed by atoms with Gasteiger partial charge >= 0.3 is 0 Å². The van der Waals surface area contributed by atoms with E-state index in [1.165, 1.54) is 6.07 Å². The molecule has 0 radical (unpaired) electrons. The molecule has 0 saturated carbocycles. The van der Waals surface area contributed by atoms with Crippen LogP contribution in [0.4, 0.5) is 5.69 Å². The first-order valence-electron chi connectivity index (χ1n) is 4.38. The molecule has 1 aromatic rings. The van der Waals surface area contributed by atoms with Crippen molar-refractivity contribution in [3.8, 4) is 0 Å². The van der Waals surface area contributed by atoms with Gasteiger partial charge in [0.05, 0.1) is 4.92 Å². The molecule has 1 aromatic carbocycles. The second-order valence-corrected chi connectivity index (χ2v) is 5.92. The standard InChI is InChI=1S/C8H8BrClN2O4S/c9-3-4-11-17(15,16)8-2-1-6(10)5-7(8)12(13)14/h1-2,5,11H,3-4H2. The SMILES string of the molecule is O=[N+]([O-])c1cc(Cl)ccc1S(=O)(=O)NCCBr. The molecule has 0 heterocycles. The summed E-state index contributed by atoms with van der Waals surface area (Å²) in [7, 11) is -3.90. The van der Waals surface area contributed by atoms with Crippen molar-refractivity contribution in [2.24, 2.45) is 0 Å². The highest BCUT2D eigenvalue weighted by Gasteiger charge is 2.25. The summed E-state index contributed by atoms with van der Waals surface area (Å²) < 4.78 is 25.7. The minimum Gasteiger partial charge on any atom is -0.258 e. The summed E-state index contributed by atoms with van der Waals surface area (Å²) in [5.41, 5.74) is -0.542. The highest BCUT2D eigenvalue weighted by atomic mass is 79.9. The van der Waals surface area contributed by atoms with Crippen molar-refractivity contribution < 1.29 is 13.3 Å². The molecule has 0 amide bonds. The summed E-state index contributed by atoms with van der Waals surface area (Å²) in [5, 5.41) is 11.3. The predicted octanol–water partition coefficient (Wildman–Crippen LogP) is 1.92. The summed E-state index contributed by atoms with van der Waals surface area (Å²) in [6.45, 7) is 0.141. The number of hydrogen-bond acceptors (Lipinski definition) is 4. The Bertz CT molecular complexity index is 534. The molecule has 0 spiro atoms. The maximum absolute atomic E-state index is 11.7. The van der Waals surface area contributed by atoms with Crippen LogP contribution in [0.3, 0.4) is 0 Å². The monoisotopic (exact) mass is 342 g/mol. The largest absolute Gasteiger partial charge is 0.290 e. The lowest BCUT2D eigenvalue weighted by molar-refractivity contribution is -0.387. The van der Waals surface area contributed by atoms with Crippen LogP contribution in [0.25, 0.3) is 0 Å². The third kappa shape index (κ3) is 3.63. The Morgan fingerprint density at radius 2 is 2.12 bits per heavy atom. The van der Waals surface area contributed by atoms with Crippen LogP contribution < -0.4 is 4.72 Å². The average Bonchev–Trinajstić information content (AvgIpc) is 2.26. The molecular weight excluding hydrogens is 336 g/mol. The Hall–Kier alpha value is -0.700. The molecular formula is C8H8BrClN2O4S. The number of nitro benzene ring substituents is 1. The van der Waals surface area contributed by atoms with Gasteiger partial charge in [-0.15, -0.1) is 0 Å². The number of nitro groups is 1. The fourth-order valence-electron chi connectivity index (χ4n) is 1.11. The molecule has 0 fully saturated rings. The Labute approximate surface area is 111 Å². The van der Waals surface area contributed by atoms with Gasteiger partial charge in [0, 0.05) is 23.0 Å². The smallest absolute Gasteiger partial charge is 0.258 e. The second kappa shape index (κ2) is 5.76. The third-order valence-electron chi connectivity index (χ3n) is 1.79. The molecule has 1 rings (SSSR count). The lowest BCUT2D eigenvalue weighted by Gasteiger charge is -2.05. The van der Waals surface area contributed by atoms with E-state index in [9.17, 15) is 18.5 Å². The van der Waals surface area contributed by atoms with Crippen molar-refractivity contribution in [1.29, 1.82) is 0 Å². The van der Waals surface area contributed by atoms with Crippen LogP contribution in [0.15, 0.2) is 23.1 Å². The van der Waals surface area contributed by atoms with Gasteiger partial charge in [0.1, 0.15) is 0 Å². The van der Waals surface area contributed by atoms with Crippen molar-refractivity contribution in [1.82, 2.24) is 4.72 Å². The predicted molar refractivity (Wildman–Crippen MR) is 67.1 cm³/mol. The molecule has 9 heteroatoms. The van der Waals surface area contributed by atoms with Gasteiger partial charge in [-0.2, -0.15) is 0 Å². The zero-order valence-electron chi connectivity index (χ0n) is 8.39. The molecule has 0 aliphatic heterocycles. The van der Waals surface area contributed by atoms with Gasteiger partial charge < -0.3 is 0 Å². The Morgan fingerprint density at radius 1 is 1.47 bits per heavy atom. The van der Waals surface area contributed by atoms with Gasteiger partial charge in [0.15, 0.2) is 4.90 Å². The molecule has 94 valence electrons. The first kappa shape index (κ1) is 14.4. The van der Waals surface area contributed by atoms with Crippen molar-refractivity contribution in [3.63, 3.8) is 0 Å². The van der Waals surface area contributed by atoms with Crippen molar-refractivity contribution in [3.05, 3.63) is 33.3 Å². The first-order chi connectivity index (χ1) is 7.88. The molecule has 0 saturated heterocycles. The topological polar surface area (TPSA) is 89.3 Å². The summed E-state index contributed by atoms with van der Waals surface area (Å²) in [5.74, 6) is 0. The van der Waals surface area contributed by atoms with Gasteiger partial charge in [-0.25, -0.2) is 13.1 Å². The highest BCUT2D eigenvalue weighted by Crippen LogP contribution is 2.26. The summed E-state index contributed by atoms with van der Waals surface area (Å²) >= 11 is 8.64. The van der Waals surface area contributed by atoms with Gasteiger partial charge in [-0.3, -0.25) is 10.1 Å². The van der Waals surface area contributed by atoms with E-state index >= 15 is 0 Å². The van der Waals surface area contributed by atoms with E-state index < -0.39 is 25.5 Å². The highest BCUT2D eigenvalue weighted by molar-refractivity contribution is 9.09. The average molecular weight is 344 g/mol. The summed E-state index contributed by atoms with van der Waals surface area (Å²) in [4.78, 5) is 9.56. The lowest BCUT2D eigenvalue weighted by atomic mass is 10.3. The molecule has 0 aliphatic rings. The number of nitrogens with one attached hydrogen (secondary N) is 1. The second-order valence-electron chi connectivity index (χ2n) is 2.96. The fourth-order valence-corrected chi connectivity index (χ4v) is 2.92. The van der Waals surface area contributed by atoms with Crippen molar-refractivity contribution in [2.75, 3.05) is 11.9 Å². The van der Waals surface area contributed by atoms with Crippen LogP contribution in [0, 0.1) is 10.1 Å². The van der Waals surface area contributed by atoms with Gasteiger partial charge in [0.25, 0.3) is 5.69 Å². The van der Waals surface area contributed by atoms with Crippen LogP contribution in [-0.4, -0.2) is 25.2 Å². The third-order valence-corrected chi connectivity index (χ3v) is 3.93. The number of benzene rings is 1. The van der Waals surface area contributed by atoms with Crippen molar-refractivity contribution in [2.45, 2.75) is 4.90 Å². The minimum absolute atomic E-state index is 0.108. The van der Waals surface area contributed by atoms with Crippen molar-refractivity contribution >= 4 is 43.2 Å². The van der Waals surface area contributed by atoms with Gasteiger partial charge in [0.2, 0.25) is 10.0 Å². The minimum atomic E-state index is -3.90. The van der Waals surface area contributed by atoms with Gasteiger partial charge in [-0.05, 0) is 12.1 Å². The molecule has 1 N–H and O–H groups in total. The molecule has 6 nitrogen and oxygen atoms in total. The number of nitrogens with zero attached hydrogens (tertiary/aromatic N) is 1. The molecule has 0 aliphatic carbocycles. The van der Waals surface area contributed by atoms with E-state index in [0.717, 1.165) is 12.1 Å². The quantitative estimate of drug-likeness (QED) is 0.502. The van der Waals surface area contributed by atoms with Crippen LogP contribution in [0.1, 0.15) is 0 Å². The number of sulfonamides is 1. The number of halogens is 2. The molecule has 17 heavy (non-hydrogen) atoms. The van der Waals surface area contributed by atoms with Crippen LogP contribution in [0.2, 0.25) is 5.02 Å². The Kier molecular flexibility index (Phi) is 4.87. The Balaban J connectivity index is 3.26. The molecule has 0 bridgehead atoms. The molecule has 0 aromatic heterocycles. The van der Waals surface area contributed by atoms with E-state index in [4.69, 9.17) is 11.6 Å². The fraction of sp³-hybridized carbons (Fsp3) is 0.250. The summed E-state index contributed by atoms with van der Waals surface area (Å²) in [6, 6.07) is 3.40.